The van der Waals surface area contributed by atoms with E-state index in [0.717, 1.165) is 4.88 Å². The third-order valence-electron chi connectivity index (χ3n) is 3.11. The van der Waals surface area contributed by atoms with Crippen LogP contribution in [0, 0.1) is 6.92 Å². The van der Waals surface area contributed by atoms with Crippen molar-refractivity contribution in [3.63, 3.8) is 0 Å². The van der Waals surface area contributed by atoms with Gasteiger partial charge in [0.25, 0.3) is 5.91 Å². The molecule has 2 rings (SSSR count). The maximum Gasteiger partial charge on any atom is 0.348 e. The van der Waals surface area contributed by atoms with Gasteiger partial charge in [-0.15, -0.1) is 11.3 Å². The molecule has 0 atom stereocenters. The Morgan fingerprint density at radius 2 is 2.08 bits per heavy atom. The van der Waals surface area contributed by atoms with E-state index in [9.17, 15) is 14.4 Å². The van der Waals surface area contributed by atoms with Crippen LogP contribution < -0.4 is 5.32 Å². The summed E-state index contributed by atoms with van der Waals surface area (Å²) >= 11 is 1.30. The van der Waals surface area contributed by atoms with E-state index in [1.54, 1.807) is 24.3 Å². The zero-order valence-electron chi connectivity index (χ0n) is 13.4. The Morgan fingerprint density at radius 3 is 2.71 bits per heavy atom. The highest BCUT2D eigenvalue weighted by Gasteiger charge is 2.16. The van der Waals surface area contributed by atoms with Gasteiger partial charge in [-0.05, 0) is 31.2 Å². The number of carbonyl (C=O) groups is 3. The molecule has 0 aliphatic carbocycles. The number of rotatable bonds is 7. The minimum atomic E-state index is -0.544. The van der Waals surface area contributed by atoms with Crippen molar-refractivity contribution >= 4 is 29.1 Å². The van der Waals surface area contributed by atoms with Crippen molar-refractivity contribution in [1.29, 1.82) is 0 Å². The Hall–Kier alpha value is -2.61. The lowest BCUT2D eigenvalue weighted by atomic mass is 10.4. The SMILES string of the molecule is Cc1ccc(C(=O)OCC(=O)N(C)CC(=O)NCc2ccco2)s1. The van der Waals surface area contributed by atoms with E-state index in [0.29, 0.717) is 10.6 Å². The number of amides is 2. The minimum Gasteiger partial charge on any atom is -0.467 e. The molecular formula is C16H18N2O5S. The number of furan rings is 1. The summed E-state index contributed by atoms with van der Waals surface area (Å²) in [6, 6.07) is 6.92. The van der Waals surface area contributed by atoms with E-state index < -0.39 is 18.5 Å². The zero-order chi connectivity index (χ0) is 17.5. The normalized spacial score (nSPS) is 10.2. The average Bonchev–Trinajstić information content (AvgIpc) is 3.21. The number of nitrogens with one attached hydrogen (secondary N) is 1. The quantitative estimate of drug-likeness (QED) is 0.766. The summed E-state index contributed by atoms with van der Waals surface area (Å²) in [5.74, 6) is -0.707. The molecule has 7 nitrogen and oxygen atoms in total. The van der Waals surface area contributed by atoms with Gasteiger partial charge in [0, 0.05) is 11.9 Å². The lowest BCUT2D eigenvalue weighted by molar-refractivity contribution is -0.137. The van der Waals surface area contributed by atoms with Crippen LogP contribution in [0.25, 0.3) is 0 Å². The number of nitrogens with zero attached hydrogens (tertiary/aromatic N) is 1. The molecule has 0 aliphatic heterocycles. The van der Waals surface area contributed by atoms with Gasteiger partial charge in [0.2, 0.25) is 5.91 Å². The first-order valence-corrected chi connectivity index (χ1v) is 8.04. The summed E-state index contributed by atoms with van der Waals surface area (Å²) in [4.78, 5) is 38.1. The number of aryl methyl sites for hydroxylation is 1. The van der Waals surface area contributed by atoms with Crippen molar-refractivity contribution in [2.24, 2.45) is 0 Å². The van der Waals surface area contributed by atoms with Crippen molar-refractivity contribution in [3.05, 3.63) is 46.0 Å². The second-order valence-corrected chi connectivity index (χ2v) is 6.38. The summed E-state index contributed by atoms with van der Waals surface area (Å²) < 4.78 is 10.1. The molecule has 2 aromatic heterocycles. The number of hydrogen-bond donors (Lipinski definition) is 1. The molecule has 24 heavy (non-hydrogen) atoms. The monoisotopic (exact) mass is 350 g/mol. The van der Waals surface area contributed by atoms with Crippen molar-refractivity contribution in [1.82, 2.24) is 10.2 Å². The molecule has 0 radical (unpaired) electrons. The van der Waals surface area contributed by atoms with Crippen LogP contribution in [-0.2, 0) is 20.9 Å². The van der Waals surface area contributed by atoms with Crippen LogP contribution in [0.5, 0.6) is 0 Å². The predicted molar refractivity (Wildman–Crippen MR) is 87.5 cm³/mol. The number of carbonyl (C=O) groups excluding carboxylic acids is 3. The topological polar surface area (TPSA) is 88.9 Å². The lowest BCUT2D eigenvalue weighted by Gasteiger charge is -2.16. The summed E-state index contributed by atoms with van der Waals surface area (Å²) in [5.41, 5.74) is 0. The summed E-state index contributed by atoms with van der Waals surface area (Å²) in [6.07, 6.45) is 1.51. The number of ether oxygens (including phenoxy) is 1. The van der Waals surface area contributed by atoms with E-state index in [2.05, 4.69) is 5.32 Å². The van der Waals surface area contributed by atoms with Gasteiger partial charge < -0.3 is 19.4 Å². The molecule has 2 heterocycles. The van der Waals surface area contributed by atoms with Crippen molar-refractivity contribution in [2.75, 3.05) is 20.2 Å². The van der Waals surface area contributed by atoms with Crippen LogP contribution >= 0.6 is 11.3 Å². The van der Waals surface area contributed by atoms with Gasteiger partial charge in [-0.25, -0.2) is 4.79 Å². The van der Waals surface area contributed by atoms with Gasteiger partial charge in [-0.2, -0.15) is 0 Å². The van der Waals surface area contributed by atoms with Crippen LogP contribution in [0.4, 0.5) is 0 Å². The highest BCUT2D eigenvalue weighted by Crippen LogP contribution is 2.15. The molecule has 0 spiro atoms. The molecule has 2 amide bonds. The van der Waals surface area contributed by atoms with Crippen molar-refractivity contribution in [3.8, 4) is 0 Å². The van der Waals surface area contributed by atoms with Gasteiger partial charge in [0.05, 0.1) is 19.4 Å². The van der Waals surface area contributed by atoms with E-state index in [4.69, 9.17) is 9.15 Å². The van der Waals surface area contributed by atoms with E-state index >= 15 is 0 Å². The number of thiophene rings is 1. The summed E-state index contributed by atoms with van der Waals surface area (Å²) in [7, 11) is 1.47. The molecule has 0 fully saturated rings. The Bertz CT molecular complexity index is 708. The first-order valence-electron chi connectivity index (χ1n) is 7.22. The third-order valence-corrected chi connectivity index (χ3v) is 4.10. The molecule has 128 valence electrons. The number of esters is 1. The molecule has 0 saturated heterocycles. The molecule has 0 bridgehead atoms. The lowest BCUT2D eigenvalue weighted by Crippen LogP contribution is -2.39. The van der Waals surface area contributed by atoms with Crippen molar-refractivity contribution < 1.29 is 23.5 Å². The van der Waals surface area contributed by atoms with Gasteiger partial charge in [0.15, 0.2) is 6.61 Å². The predicted octanol–water partition coefficient (Wildman–Crippen LogP) is 1.58. The smallest absolute Gasteiger partial charge is 0.348 e. The zero-order valence-corrected chi connectivity index (χ0v) is 14.2. The Labute approximate surface area is 143 Å². The molecule has 8 heteroatoms. The van der Waals surface area contributed by atoms with E-state index in [-0.39, 0.29) is 19.0 Å². The van der Waals surface area contributed by atoms with Gasteiger partial charge >= 0.3 is 5.97 Å². The van der Waals surface area contributed by atoms with Crippen LogP contribution in [0.3, 0.4) is 0 Å². The fraction of sp³-hybridized carbons (Fsp3) is 0.312. The molecule has 0 unspecified atom stereocenters. The Morgan fingerprint density at radius 1 is 1.29 bits per heavy atom. The standard InChI is InChI=1S/C16H18N2O5S/c1-11-5-6-13(24-11)16(21)23-10-15(20)18(2)9-14(19)17-8-12-4-3-7-22-12/h3-7H,8-10H2,1-2H3,(H,17,19). The average molecular weight is 350 g/mol. The molecule has 1 N–H and O–H groups in total. The van der Waals surface area contributed by atoms with Crippen molar-refractivity contribution in [2.45, 2.75) is 13.5 Å². The third kappa shape index (κ3) is 5.24. The summed E-state index contributed by atoms with van der Waals surface area (Å²) in [6.45, 7) is 1.59. The van der Waals surface area contributed by atoms with E-state index in [1.165, 1.54) is 29.5 Å². The fourth-order valence-corrected chi connectivity index (χ4v) is 2.57. The number of hydrogen-bond acceptors (Lipinski definition) is 6. The van der Waals surface area contributed by atoms with Crippen LogP contribution in [-0.4, -0.2) is 42.9 Å². The minimum absolute atomic E-state index is 0.130. The number of likely N-dealkylation sites (N-methyl/N-ethyl adjacent to an activating group) is 1. The maximum atomic E-state index is 11.9. The fourth-order valence-electron chi connectivity index (χ4n) is 1.81. The van der Waals surface area contributed by atoms with Gasteiger partial charge in [-0.3, -0.25) is 9.59 Å². The maximum absolute atomic E-state index is 11.9. The van der Waals surface area contributed by atoms with Crippen LogP contribution in [0.1, 0.15) is 20.3 Å². The van der Waals surface area contributed by atoms with Crippen LogP contribution in [0.15, 0.2) is 34.9 Å². The molecule has 0 aromatic carbocycles. The molecule has 0 aliphatic rings. The summed E-state index contributed by atoms with van der Waals surface area (Å²) in [5, 5.41) is 2.63. The highest BCUT2D eigenvalue weighted by atomic mass is 32.1. The van der Waals surface area contributed by atoms with Gasteiger partial charge in [-0.1, -0.05) is 0 Å². The molecular weight excluding hydrogens is 332 g/mol. The second kappa shape index (κ2) is 8.30. The first-order chi connectivity index (χ1) is 11.5. The van der Waals surface area contributed by atoms with Gasteiger partial charge in [0.1, 0.15) is 10.6 Å². The highest BCUT2D eigenvalue weighted by molar-refractivity contribution is 7.13. The largest absolute Gasteiger partial charge is 0.467 e. The first kappa shape index (κ1) is 17.7. The molecule has 2 aromatic rings. The Balaban J connectivity index is 1.71. The second-order valence-electron chi connectivity index (χ2n) is 5.09. The van der Waals surface area contributed by atoms with Crippen LogP contribution in [0.2, 0.25) is 0 Å². The molecule has 0 saturated carbocycles. The Kier molecular flexibility index (Phi) is 6.14. The van der Waals surface area contributed by atoms with E-state index in [1.807, 2.05) is 6.92 Å².